The molecule has 0 bridgehead atoms. The smallest absolute Gasteiger partial charge is 0.257 e. The van der Waals surface area contributed by atoms with Gasteiger partial charge in [0.1, 0.15) is 34.4 Å². The van der Waals surface area contributed by atoms with E-state index in [-0.39, 0.29) is 51.8 Å². The molecule has 0 radical (unpaired) electrons. The van der Waals surface area contributed by atoms with Gasteiger partial charge in [0.15, 0.2) is 9.84 Å². The molecule has 0 unspecified atom stereocenters. The molecular weight excluding hydrogens is 1040 g/mol. The van der Waals surface area contributed by atoms with Gasteiger partial charge in [-0.15, -0.1) is 0 Å². The van der Waals surface area contributed by atoms with Gasteiger partial charge in [-0.1, -0.05) is 26.0 Å². The lowest BCUT2D eigenvalue weighted by Crippen LogP contribution is -2.63. The van der Waals surface area contributed by atoms with Crippen LogP contribution >= 0.6 is 0 Å². The number of aromatic nitrogens is 7. The minimum atomic E-state index is -3.81. The normalized spacial score (nSPS) is 20.3. The Morgan fingerprint density at radius 2 is 1.65 bits per heavy atom. The number of H-pyrrole nitrogens is 1. The number of rotatable bonds is 16. The van der Waals surface area contributed by atoms with E-state index >= 15 is 0 Å². The molecule has 2 amide bonds. The maximum Gasteiger partial charge on any atom is 0.257 e. The minimum absolute atomic E-state index is 0.0554. The Morgan fingerprint density at radius 3 is 2.35 bits per heavy atom. The number of benzene rings is 2. The van der Waals surface area contributed by atoms with E-state index in [0.29, 0.717) is 85.7 Å². The molecule has 80 heavy (non-hydrogen) atoms. The largest absolute Gasteiger partial charge is 0.492 e. The Kier molecular flexibility index (Phi) is 16.3. The second-order valence-corrected chi connectivity index (χ2v) is 26.8. The Labute approximate surface area is 469 Å². The number of ether oxygens (including phenoxy) is 1. The second kappa shape index (κ2) is 23.1. The van der Waals surface area contributed by atoms with Gasteiger partial charge in [0, 0.05) is 118 Å². The van der Waals surface area contributed by atoms with Crippen molar-refractivity contribution in [2.75, 3.05) is 87.2 Å². The Morgan fingerprint density at radius 1 is 0.900 bits per heavy atom. The average molecular weight is 1110 g/mol. The van der Waals surface area contributed by atoms with Crippen LogP contribution in [-0.4, -0.2) is 165 Å². The van der Waals surface area contributed by atoms with E-state index in [0.717, 1.165) is 92.2 Å². The molecule has 0 spiro atoms. The van der Waals surface area contributed by atoms with Crippen LogP contribution in [0.15, 0.2) is 72.3 Å². The van der Waals surface area contributed by atoms with E-state index in [2.05, 4.69) is 89.2 Å². The molecule has 6 aromatic rings. The zero-order chi connectivity index (χ0) is 56.7. The molecular formula is C59H77FN14O5S. The lowest BCUT2D eigenvalue weighted by atomic mass is 9.91. The Bertz CT molecular complexity index is 3330. The van der Waals surface area contributed by atoms with Crippen molar-refractivity contribution in [3.05, 3.63) is 107 Å². The highest BCUT2D eigenvalue weighted by atomic mass is 32.2. The second-order valence-electron chi connectivity index (χ2n) is 24.1. The van der Waals surface area contributed by atoms with Gasteiger partial charge in [0.05, 0.1) is 46.1 Å². The number of amides is 2. The molecule has 10 rings (SSSR count). The van der Waals surface area contributed by atoms with Crippen molar-refractivity contribution in [2.45, 2.75) is 128 Å². The molecule has 0 aliphatic carbocycles. The molecule has 2 aromatic carbocycles. The molecule has 3 fully saturated rings. The number of sulfone groups is 1. The zero-order valence-electron chi connectivity index (χ0n) is 47.7. The Hall–Kier alpha value is -6.68. The molecule has 4 aliphatic rings. The minimum Gasteiger partial charge on any atom is -0.492 e. The van der Waals surface area contributed by atoms with Crippen molar-refractivity contribution >= 4 is 55.8 Å². The van der Waals surface area contributed by atoms with Gasteiger partial charge in [-0.3, -0.25) is 29.5 Å². The van der Waals surface area contributed by atoms with Gasteiger partial charge in [0.25, 0.3) is 5.91 Å². The van der Waals surface area contributed by atoms with Gasteiger partial charge in [-0.25, -0.2) is 32.7 Å². The number of anilines is 4. The summed E-state index contributed by atoms with van der Waals surface area (Å²) in [6.45, 7) is 24.4. The highest BCUT2D eigenvalue weighted by molar-refractivity contribution is 7.92. The Balaban J connectivity index is 0.692. The molecule has 21 heteroatoms. The number of carbonyl (C=O) groups excluding carboxylic acids is 2. The van der Waals surface area contributed by atoms with Crippen LogP contribution in [0.5, 0.6) is 5.75 Å². The summed E-state index contributed by atoms with van der Waals surface area (Å²) in [5.41, 5.74) is 6.25. The fourth-order valence-electron chi connectivity index (χ4n) is 11.6. The molecule has 8 heterocycles. The van der Waals surface area contributed by atoms with E-state index in [1.807, 2.05) is 29.8 Å². The predicted molar refractivity (Wildman–Crippen MR) is 308 cm³/mol. The van der Waals surface area contributed by atoms with E-state index < -0.39 is 14.6 Å². The van der Waals surface area contributed by atoms with Crippen LogP contribution in [0.3, 0.4) is 0 Å². The maximum absolute atomic E-state index is 14.4. The number of halogens is 1. The van der Waals surface area contributed by atoms with E-state index in [1.165, 1.54) is 18.5 Å². The highest BCUT2D eigenvalue weighted by Crippen LogP contribution is 2.41. The summed E-state index contributed by atoms with van der Waals surface area (Å²) in [6.07, 6.45) is 10.8. The molecule has 3 saturated heterocycles. The number of aryl methyl sites for hydroxylation is 1. The van der Waals surface area contributed by atoms with Crippen molar-refractivity contribution in [1.82, 2.24) is 55.1 Å². The standard InChI is InChI=1S/C59H77FN14O5S/c1-37-31-73(34-52(75)74-35-59(8,9)53-49(74)24-43(27-62-53)23-42-12-14-45(60)15-13-42)46(30-61-37)33-71-20-21-72(32-38(71)2)56(76)44-28-63-57(64-29-44)70-18-16-41(17-19-70)11-10-22-79-50-26-48-47(25-51(50)80(77,78)58(5,6)7)55(66-36-65-48)67-54-39(3)40(4)68-69-54/h12-15,24-29,36-38,41,46,61H,10-11,16-23,30-35H2,1-9H3,(H2,65,66,67,68,69)/t37-,38-,46-/m1/s1. The first-order valence-electron chi connectivity index (χ1n) is 28.2. The average Bonchev–Trinajstić information content (AvgIpc) is 3.98. The fourth-order valence-corrected chi connectivity index (χ4v) is 12.9. The van der Waals surface area contributed by atoms with Crippen molar-refractivity contribution in [3.63, 3.8) is 0 Å². The van der Waals surface area contributed by atoms with Crippen LogP contribution < -0.4 is 25.2 Å². The number of pyridine rings is 1. The van der Waals surface area contributed by atoms with E-state index in [4.69, 9.17) is 9.72 Å². The number of aromatic amines is 1. The van der Waals surface area contributed by atoms with E-state index in [1.54, 1.807) is 57.4 Å². The fraction of sp³-hybridized carbons (Fsp3) is 0.525. The summed E-state index contributed by atoms with van der Waals surface area (Å²) >= 11 is 0. The van der Waals surface area contributed by atoms with Crippen LogP contribution in [-0.2, 0) is 26.5 Å². The maximum atomic E-state index is 14.4. The SMILES string of the molecule is Cc1n[nH]c(Nc2ncnc3cc(OCCCC4CCN(c5ncc(C(=O)N6CCN(C[C@H]7CN[C@H](C)CN7CC(=O)N7CC(C)(C)c8ncc(Cc9ccc(F)cc9)cc87)[C@H](C)C6)cn5)CC4)c(S(=O)(=O)C(C)(C)C)cc23)c1C. The molecule has 426 valence electrons. The number of fused-ring (bicyclic) bond motifs is 2. The van der Waals surface area contributed by atoms with Crippen LogP contribution in [0.4, 0.5) is 27.7 Å². The summed E-state index contributed by atoms with van der Waals surface area (Å²) in [6, 6.07) is 12.4. The molecule has 4 aromatic heterocycles. The van der Waals surface area contributed by atoms with Gasteiger partial charge >= 0.3 is 0 Å². The monoisotopic (exact) mass is 1110 g/mol. The van der Waals surface area contributed by atoms with E-state index in [9.17, 15) is 22.4 Å². The van der Waals surface area contributed by atoms with Crippen LogP contribution in [0.25, 0.3) is 10.9 Å². The molecule has 3 atom stereocenters. The third-order valence-corrected chi connectivity index (χ3v) is 19.2. The number of hydrogen-bond donors (Lipinski definition) is 3. The highest BCUT2D eigenvalue weighted by Gasteiger charge is 2.42. The zero-order valence-corrected chi connectivity index (χ0v) is 48.5. The van der Waals surface area contributed by atoms with Crippen molar-refractivity contribution in [2.24, 2.45) is 5.92 Å². The first-order chi connectivity index (χ1) is 38.1. The molecule has 0 saturated carbocycles. The third-order valence-electron chi connectivity index (χ3n) is 16.7. The third kappa shape index (κ3) is 12.2. The molecule has 19 nitrogen and oxygen atoms in total. The van der Waals surface area contributed by atoms with Crippen LogP contribution in [0, 0.1) is 25.6 Å². The van der Waals surface area contributed by atoms with Crippen molar-refractivity contribution in [1.29, 1.82) is 0 Å². The number of carbonyl (C=O) groups is 2. The quantitative estimate of drug-likeness (QED) is 0.0806. The topological polar surface area (TPSA) is 211 Å². The number of nitrogens with zero attached hydrogens (tertiary/aromatic N) is 11. The number of piperazine rings is 2. The van der Waals surface area contributed by atoms with Crippen LogP contribution in [0.1, 0.15) is 113 Å². The molecule has 3 N–H and O–H groups in total. The summed E-state index contributed by atoms with van der Waals surface area (Å²) in [4.78, 5) is 62.3. The lowest BCUT2D eigenvalue weighted by Gasteiger charge is -2.45. The number of piperidine rings is 1. The van der Waals surface area contributed by atoms with Gasteiger partial charge < -0.3 is 30.1 Å². The predicted octanol–water partition coefficient (Wildman–Crippen LogP) is 7.41. The summed E-state index contributed by atoms with van der Waals surface area (Å²) < 4.78 is 46.9. The van der Waals surface area contributed by atoms with Crippen LogP contribution in [0.2, 0.25) is 0 Å². The van der Waals surface area contributed by atoms with Gasteiger partial charge in [-0.2, -0.15) is 5.10 Å². The summed E-state index contributed by atoms with van der Waals surface area (Å²) in [5, 5.41) is 14.7. The molecule has 4 aliphatic heterocycles. The number of hydrogen-bond acceptors (Lipinski definition) is 16. The number of nitrogens with one attached hydrogen (secondary N) is 3. The lowest BCUT2D eigenvalue weighted by molar-refractivity contribution is -0.121. The summed E-state index contributed by atoms with van der Waals surface area (Å²) in [7, 11) is -3.81. The van der Waals surface area contributed by atoms with Gasteiger partial charge in [-0.05, 0) is 122 Å². The van der Waals surface area contributed by atoms with Crippen molar-refractivity contribution in [3.8, 4) is 5.75 Å². The first kappa shape index (κ1) is 56.6. The van der Waals surface area contributed by atoms with Gasteiger partial charge in [0.2, 0.25) is 11.9 Å². The first-order valence-corrected chi connectivity index (χ1v) is 29.7. The summed E-state index contributed by atoms with van der Waals surface area (Å²) in [5.74, 6) is 2.20. The van der Waals surface area contributed by atoms with Crippen molar-refractivity contribution < 1.29 is 27.1 Å².